The van der Waals surface area contributed by atoms with Crippen molar-refractivity contribution in [1.82, 2.24) is 0 Å². The molecule has 1 saturated carbocycles. The molecule has 0 spiro atoms. The second kappa shape index (κ2) is 6.67. The van der Waals surface area contributed by atoms with E-state index >= 15 is 0 Å². The first-order valence-corrected chi connectivity index (χ1v) is 9.21. The highest BCUT2D eigenvalue weighted by Gasteiger charge is 2.40. The van der Waals surface area contributed by atoms with Crippen LogP contribution in [0.3, 0.4) is 0 Å². The number of rotatable bonds is 5. The van der Waals surface area contributed by atoms with Gasteiger partial charge < -0.3 is 5.11 Å². The van der Waals surface area contributed by atoms with E-state index in [1.54, 1.807) is 35.3 Å². The fourth-order valence-corrected chi connectivity index (χ4v) is 5.65. The lowest BCUT2D eigenvalue weighted by molar-refractivity contribution is 0.0929. The summed E-state index contributed by atoms with van der Waals surface area (Å²) in [5.74, 6) is 0.520. The highest BCUT2D eigenvalue weighted by atomic mass is 32.3. The summed E-state index contributed by atoms with van der Waals surface area (Å²) in [6.45, 7) is 0. The molecule has 1 rings (SSSR count). The van der Waals surface area contributed by atoms with Crippen LogP contribution in [0.25, 0.3) is 0 Å². The summed E-state index contributed by atoms with van der Waals surface area (Å²) in [5, 5.41) is 10.5. The number of aliphatic hydroxyl groups is 1. The summed E-state index contributed by atoms with van der Waals surface area (Å²) in [7, 11) is 0. The molecule has 0 radical (unpaired) electrons. The van der Waals surface area contributed by atoms with Crippen molar-refractivity contribution in [1.29, 1.82) is 0 Å². The molecule has 0 aromatic heterocycles. The van der Waals surface area contributed by atoms with Crippen LogP contribution in [0, 0.1) is 5.92 Å². The van der Waals surface area contributed by atoms with Gasteiger partial charge in [0.25, 0.3) is 0 Å². The Morgan fingerprint density at radius 2 is 1.47 bits per heavy atom. The Labute approximate surface area is 107 Å². The van der Waals surface area contributed by atoms with Crippen molar-refractivity contribution in [2.75, 3.05) is 18.8 Å². The van der Waals surface area contributed by atoms with E-state index in [1.165, 1.54) is 32.1 Å². The fourth-order valence-electron chi connectivity index (χ4n) is 2.35. The third-order valence-electron chi connectivity index (χ3n) is 3.31. The Balaban J connectivity index is 2.65. The van der Waals surface area contributed by atoms with Crippen LogP contribution in [0.15, 0.2) is 0 Å². The lowest BCUT2D eigenvalue weighted by Gasteiger charge is -2.39. The van der Waals surface area contributed by atoms with Crippen LogP contribution in [-0.2, 0) is 0 Å². The molecule has 0 aromatic carbocycles. The largest absolute Gasteiger partial charge is 0.390 e. The van der Waals surface area contributed by atoms with E-state index in [-0.39, 0.29) is 9.52 Å². The van der Waals surface area contributed by atoms with Crippen LogP contribution in [-0.4, -0.2) is 33.4 Å². The van der Waals surface area contributed by atoms with Gasteiger partial charge in [0.05, 0.1) is 6.10 Å². The van der Waals surface area contributed by atoms with Gasteiger partial charge in [-0.3, -0.25) is 0 Å². The van der Waals surface area contributed by atoms with Gasteiger partial charge >= 0.3 is 0 Å². The van der Waals surface area contributed by atoms with Gasteiger partial charge in [0.1, 0.15) is 3.41 Å². The average molecular weight is 266 g/mol. The Morgan fingerprint density at radius 1 is 1.00 bits per heavy atom. The smallest absolute Gasteiger partial charge is 0.132 e. The van der Waals surface area contributed by atoms with Gasteiger partial charge in [0.2, 0.25) is 0 Å². The average Bonchev–Trinajstić information content (AvgIpc) is 2.33. The van der Waals surface area contributed by atoms with Crippen LogP contribution < -0.4 is 0 Å². The van der Waals surface area contributed by atoms with E-state index in [0.717, 1.165) is 0 Å². The van der Waals surface area contributed by atoms with Gasteiger partial charge in [0.15, 0.2) is 0 Å². The maximum absolute atomic E-state index is 10.5. The highest BCUT2D eigenvalue weighted by molar-refractivity contribution is 8.33. The van der Waals surface area contributed by atoms with Crippen molar-refractivity contribution in [2.24, 2.45) is 5.92 Å². The summed E-state index contributed by atoms with van der Waals surface area (Å²) in [6, 6.07) is 0. The Bertz CT molecular complexity index is 168. The minimum absolute atomic E-state index is 0.0536. The van der Waals surface area contributed by atoms with Crippen molar-refractivity contribution in [3.63, 3.8) is 0 Å². The zero-order valence-electron chi connectivity index (χ0n) is 9.86. The number of aliphatic hydroxyl groups excluding tert-OH is 1. The van der Waals surface area contributed by atoms with E-state index in [4.69, 9.17) is 0 Å². The first-order valence-electron chi connectivity index (χ1n) is 5.53. The van der Waals surface area contributed by atoms with Crippen molar-refractivity contribution < 1.29 is 5.11 Å². The summed E-state index contributed by atoms with van der Waals surface area (Å²) >= 11 is 5.39. The van der Waals surface area contributed by atoms with Gasteiger partial charge in [-0.2, -0.15) is 0 Å². The number of thioether (sulfide) groups is 3. The van der Waals surface area contributed by atoms with E-state index in [9.17, 15) is 5.11 Å². The van der Waals surface area contributed by atoms with Gasteiger partial charge in [-0.25, -0.2) is 0 Å². The normalized spacial score (nSPS) is 21.6. The van der Waals surface area contributed by atoms with E-state index in [1.807, 2.05) is 0 Å². The van der Waals surface area contributed by atoms with E-state index in [2.05, 4.69) is 18.8 Å². The highest BCUT2D eigenvalue weighted by Crippen LogP contribution is 2.49. The SMILES string of the molecule is CSC(SC)(SC)C(O)C1CCCCC1. The summed E-state index contributed by atoms with van der Waals surface area (Å²) in [6.07, 6.45) is 12.5. The van der Waals surface area contributed by atoms with Crippen LogP contribution in [0.4, 0.5) is 0 Å². The molecule has 1 atom stereocenters. The quantitative estimate of drug-likeness (QED) is 0.766. The van der Waals surface area contributed by atoms with Gasteiger partial charge in [-0.1, -0.05) is 19.3 Å². The predicted octanol–water partition coefficient (Wildman–Crippen LogP) is 3.67. The molecule has 0 aromatic rings. The second-order valence-electron chi connectivity index (χ2n) is 4.06. The molecule has 90 valence electrons. The maximum Gasteiger partial charge on any atom is 0.132 e. The summed E-state index contributed by atoms with van der Waals surface area (Å²) in [4.78, 5) is 0. The minimum Gasteiger partial charge on any atom is -0.390 e. The van der Waals surface area contributed by atoms with Crippen LogP contribution in [0.2, 0.25) is 0 Å². The molecule has 0 saturated heterocycles. The molecule has 0 bridgehead atoms. The number of hydrogen-bond acceptors (Lipinski definition) is 4. The molecule has 1 aliphatic rings. The van der Waals surface area contributed by atoms with Crippen molar-refractivity contribution in [2.45, 2.75) is 41.6 Å². The van der Waals surface area contributed by atoms with Crippen LogP contribution in [0.5, 0.6) is 0 Å². The molecule has 1 aliphatic carbocycles. The molecule has 0 heterocycles. The number of hydrogen-bond donors (Lipinski definition) is 1. The monoisotopic (exact) mass is 266 g/mol. The fraction of sp³-hybridized carbons (Fsp3) is 1.00. The van der Waals surface area contributed by atoms with E-state index < -0.39 is 0 Å². The molecule has 15 heavy (non-hydrogen) atoms. The van der Waals surface area contributed by atoms with Crippen molar-refractivity contribution in [3.8, 4) is 0 Å². The first-order chi connectivity index (χ1) is 7.20. The Hall–Kier alpha value is 1.01. The van der Waals surface area contributed by atoms with Gasteiger partial charge in [-0.05, 0) is 37.5 Å². The molecular formula is C11H22OS3. The molecule has 1 nitrogen and oxygen atoms in total. The predicted molar refractivity (Wildman–Crippen MR) is 75.9 cm³/mol. The molecular weight excluding hydrogens is 244 g/mol. The lowest BCUT2D eigenvalue weighted by atomic mass is 9.86. The second-order valence-corrected chi connectivity index (χ2v) is 7.99. The minimum atomic E-state index is -0.169. The molecule has 0 amide bonds. The maximum atomic E-state index is 10.5. The first kappa shape index (κ1) is 14.1. The standard InChI is InChI=1S/C11H22OS3/c1-13-11(14-2,15-3)10(12)9-7-5-4-6-8-9/h9-10,12H,4-8H2,1-3H3. The Morgan fingerprint density at radius 3 is 1.87 bits per heavy atom. The van der Waals surface area contributed by atoms with Crippen molar-refractivity contribution in [3.05, 3.63) is 0 Å². The van der Waals surface area contributed by atoms with Gasteiger partial charge in [0, 0.05) is 0 Å². The lowest BCUT2D eigenvalue weighted by Crippen LogP contribution is -2.39. The zero-order chi connectivity index (χ0) is 11.3. The van der Waals surface area contributed by atoms with Crippen LogP contribution >= 0.6 is 35.3 Å². The summed E-state index contributed by atoms with van der Waals surface area (Å²) in [5.41, 5.74) is 0. The Kier molecular flexibility index (Phi) is 6.26. The zero-order valence-corrected chi connectivity index (χ0v) is 12.3. The third-order valence-corrected chi connectivity index (χ3v) is 8.74. The molecule has 1 N–H and O–H groups in total. The van der Waals surface area contributed by atoms with E-state index in [0.29, 0.717) is 5.92 Å². The summed E-state index contributed by atoms with van der Waals surface area (Å²) < 4.78 is -0.0536. The molecule has 4 heteroatoms. The van der Waals surface area contributed by atoms with Crippen molar-refractivity contribution >= 4 is 35.3 Å². The third kappa shape index (κ3) is 3.24. The van der Waals surface area contributed by atoms with Crippen LogP contribution in [0.1, 0.15) is 32.1 Å². The topological polar surface area (TPSA) is 20.2 Å². The van der Waals surface area contributed by atoms with Gasteiger partial charge in [-0.15, -0.1) is 35.3 Å². The molecule has 1 fully saturated rings. The molecule has 0 aliphatic heterocycles. The molecule has 1 unspecified atom stereocenters.